The van der Waals surface area contributed by atoms with Gasteiger partial charge in [-0.1, -0.05) is 42.5 Å². The van der Waals surface area contributed by atoms with Crippen LogP contribution in [0, 0.1) is 0 Å². The SMILES string of the molecule is CO[C@H]1[C@H](NC(=O)Cc2cccs2)c2ccccc2C12CCN(Cc1ccc3c(c1)CCO3)CC2. The zero-order valence-corrected chi connectivity index (χ0v) is 21.0. The Hall–Kier alpha value is -2.67. The van der Waals surface area contributed by atoms with Crippen molar-refractivity contribution < 1.29 is 14.3 Å². The average molecular weight is 489 g/mol. The largest absolute Gasteiger partial charge is 0.493 e. The van der Waals surface area contributed by atoms with Crippen molar-refractivity contribution in [2.45, 2.75) is 49.8 Å². The number of likely N-dealkylation sites (tertiary alicyclic amines) is 1. The summed E-state index contributed by atoms with van der Waals surface area (Å²) in [5, 5.41) is 5.36. The molecule has 0 saturated carbocycles. The summed E-state index contributed by atoms with van der Waals surface area (Å²) in [7, 11) is 1.80. The molecule has 6 rings (SSSR count). The van der Waals surface area contributed by atoms with E-state index >= 15 is 0 Å². The molecule has 35 heavy (non-hydrogen) atoms. The fourth-order valence-corrected chi connectivity index (χ4v) is 7.13. The number of hydrogen-bond donors (Lipinski definition) is 1. The van der Waals surface area contributed by atoms with E-state index in [1.807, 2.05) is 17.5 Å². The second-order valence-corrected chi connectivity index (χ2v) is 11.0. The van der Waals surface area contributed by atoms with Gasteiger partial charge in [0, 0.05) is 30.4 Å². The van der Waals surface area contributed by atoms with Gasteiger partial charge in [-0.25, -0.2) is 0 Å². The van der Waals surface area contributed by atoms with Gasteiger partial charge < -0.3 is 14.8 Å². The molecule has 0 bridgehead atoms. The molecular weight excluding hydrogens is 456 g/mol. The van der Waals surface area contributed by atoms with Crippen molar-refractivity contribution in [3.8, 4) is 5.75 Å². The van der Waals surface area contributed by atoms with Crippen LogP contribution in [-0.4, -0.2) is 43.7 Å². The predicted molar refractivity (Wildman–Crippen MR) is 138 cm³/mol. The lowest BCUT2D eigenvalue weighted by molar-refractivity contribution is -0.122. The van der Waals surface area contributed by atoms with E-state index in [1.165, 1.54) is 22.3 Å². The van der Waals surface area contributed by atoms with Crippen molar-refractivity contribution in [1.82, 2.24) is 10.2 Å². The lowest BCUT2D eigenvalue weighted by Gasteiger charge is -2.44. The van der Waals surface area contributed by atoms with Gasteiger partial charge in [-0.05, 0) is 65.7 Å². The first-order valence-corrected chi connectivity index (χ1v) is 13.5. The number of nitrogens with zero attached hydrogens (tertiary/aromatic N) is 1. The number of nitrogens with one attached hydrogen (secondary N) is 1. The topological polar surface area (TPSA) is 50.8 Å². The van der Waals surface area contributed by atoms with Crippen LogP contribution in [0.1, 0.15) is 46.0 Å². The van der Waals surface area contributed by atoms with Crippen LogP contribution in [0.2, 0.25) is 0 Å². The minimum absolute atomic E-state index is 0.0596. The van der Waals surface area contributed by atoms with E-state index in [4.69, 9.17) is 9.47 Å². The Kier molecular flexibility index (Phi) is 6.13. The van der Waals surface area contributed by atoms with Crippen LogP contribution in [0.4, 0.5) is 0 Å². The first-order chi connectivity index (χ1) is 17.2. The molecule has 2 atom stereocenters. The third kappa shape index (κ3) is 4.18. The van der Waals surface area contributed by atoms with Crippen LogP contribution >= 0.6 is 11.3 Å². The Labute approximate surface area is 211 Å². The monoisotopic (exact) mass is 488 g/mol. The van der Waals surface area contributed by atoms with E-state index in [0.29, 0.717) is 6.42 Å². The van der Waals surface area contributed by atoms with Crippen LogP contribution in [-0.2, 0) is 34.3 Å². The number of ether oxygens (including phenoxy) is 2. The maximum Gasteiger partial charge on any atom is 0.225 e. The molecule has 1 fully saturated rings. The van der Waals surface area contributed by atoms with Gasteiger partial charge in [-0.15, -0.1) is 11.3 Å². The highest BCUT2D eigenvalue weighted by atomic mass is 32.1. The summed E-state index contributed by atoms with van der Waals surface area (Å²) >= 11 is 1.63. The summed E-state index contributed by atoms with van der Waals surface area (Å²) in [6, 6.07) is 19.2. The van der Waals surface area contributed by atoms with Crippen molar-refractivity contribution >= 4 is 17.2 Å². The summed E-state index contributed by atoms with van der Waals surface area (Å²) in [4.78, 5) is 16.6. The maximum atomic E-state index is 13.0. The van der Waals surface area contributed by atoms with Gasteiger partial charge in [0.05, 0.1) is 25.2 Å². The van der Waals surface area contributed by atoms with Gasteiger partial charge in [0.2, 0.25) is 5.91 Å². The second-order valence-electron chi connectivity index (χ2n) is 10.0. The number of thiophene rings is 1. The van der Waals surface area contributed by atoms with Crippen LogP contribution in [0.25, 0.3) is 0 Å². The van der Waals surface area contributed by atoms with Gasteiger partial charge in [0.15, 0.2) is 0 Å². The first kappa shape index (κ1) is 22.8. The standard InChI is InChI=1S/C29H32N2O3S/c1-33-28-27(30-26(32)18-22-5-4-16-35-22)23-6-2-3-7-24(23)29(28)11-13-31(14-12-29)19-20-8-9-25-21(17-20)10-15-34-25/h2-9,16-17,27-28H,10-15,18-19H2,1H3,(H,30,32)/t27-,28+/m1/s1. The number of amides is 1. The molecule has 3 aliphatic rings. The van der Waals surface area contributed by atoms with Crippen LogP contribution < -0.4 is 10.1 Å². The summed E-state index contributed by atoms with van der Waals surface area (Å²) in [6.07, 6.45) is 3.41. The summed E-state index contributed by atoms with van der Waals surface area (Å²) in [5.74, 6) is 1.10. The van der Waals surface area contributed by atoms with Gasteiger partial charge in [0.1, 0.15) is 5.75 Å². The molecule has 2 aliphatic heterocycles. The minimum atomic E-state index is -0.119. The number of piperidine rings is 1. The van der Waals surface area contributed by atoms with E-state index in [0.717, 1.165) is 56.1 Å². The van der Waals surface area contributed by atoms with Gasteiger partial charge in [-0.2, -0.15) is 0 Å². The third-order valence-corrected chi connectivity index (χ3v) is 8.95. The predicted octanol–water partition coefficient (Wildman–Crippen LogP) is 4.65. The number of carbonyl (C=O) groups excluding carboxylic acids is 1. The quantitative estimate of drug-likeness (QED) is 0.549. The van der Waals surface area contributed by atoms with Crippen molar-refractivity contribution in [2.24, 2.45) is 0 Å². The summed E-state index contributed by atoms with van der Waals surface area (Å²) < 4.78 is 11.9. The number of carbonyl (C=O) groups is 1. The van der Waals surface area contributed by atoms with Crippen LogP contribution in [0.15, 0.2) is 60.0 Å². The van der Waals surface area contributed by atoms with Crippen LogP contribution in [0.5, 0.6) is 5.75 Å². The number of methoxy groups -OCH3 is 1. The smallest absolute Gasteiger partial charge is 0.225 e. The van der Waals surface area contributed by atoms with Crippen molar-refractivity contribution in [3.05, 3.63) is 87.1 Å². The lowest BCUT2D eigenvalue weighted by atomic mass is 9.71. The molecule has 0 unspecified atom stereocenters. The fourth-order valence-electron chi connectivity index (χ4n) is 6.43. The molecule has 1 aromatic heterocycles. The zero-order valence-electron chi connectivity index (χ0n) is 20.2. The molecule has 3 aromatic rings. The van der Waals surface area contributed by atoms with Crippen molar-refractivity contribution in [3.63, 3.8) is 0 Å². The average Bonchev–Trinajstić information content (AvgIpc) is 3.61. The van der Waals surface area contributed by atoms with E-state index in [9.17, 15) is 4.79 Å². The van der Waals surface area contributed by atoms with Gasteiger partial charge in [-0.3, -0.25) is 9.69 Å². The van der Waals surface area contributed by atoms with Crippen molar-refractivity contribution in [1.29, 1.82) is 0 Å². The third-order valence-electron chi connectivity index (χ3n) is 8.07. The first-order valence-electron chi connectivity index (χ1n) is 12.6. The minimum Gasteiger partial charge on any atom is -0.493 e. The number of rotatable bonds is 6. The Morgan fingerprint density at radius 2 is 2.03 bits per heavy atom. The van der Waals surface area contributed by atoms with E-state index < -0.39 is 0 Å². The molecule has 1 amide bonds. The second kappa shape index (κ2) is 9.41. The fraction of sp³-hybridized carbons (Fsp3) is 0.414. The Bertz CT molecular complexity index is 1200. The van der Waals surface area contributed by atoms with Gasteiger partial charge >= 0.3 is 0 Å². The Morgan fingerprint density at radius 1 is 1.17 bits per heavy atom. The number of fused-ring (bicyclic) bond motifs is 3. The molecule has 182 valence electrons. The molecule has 1 saturated heterocycles. The summed E-state index contributed by atoms with van der Waals surface area (Å²) in [6.45, 7) is 3.78. The Balaban J connectivity index is 1.19. The molecule has 3 heterocycles. The number of hydrogen-bond acceptors (Lipinski definition) is 5. The van der Waals surface area contributed by atoms with Crippen molar-refractivity contribution in [2.75, 3.05) is 26.8 Å². The lowest BCUT2D eigenvalue weighted by Crippen LogP contribution is -2.50. The highest BCUT2D eigenvalue weighted by Gasteiger charge is 2.53. The summed E-state index contributed by atoms with van der Waals surface area (Å²) in [5.41, 5.74) is 5.18. The highest BCUT2D eigenvalue weighted by molar-refractivity contribution is 7.10. The number of benzene rings is 2. The highest BCUT2D eigenvalue weighted by Crippen LogP contribution is 2.52. The molecule has 1 aliphatic carbocycles. The van der Waals surface area contributed by atoms with E-state index in [-0.39, 0.29) is 23.5 Å². The molecule has 5 nitrogen and oxygen atoms in total. The molecule has 1 spiro atoms. The Morgan fingerprint density at radius 3 is 2.83 bits per heavy atom. The molecule has 1 N–H and O–H groups in total. The zero-order chi connectivity index (χ0) is 23.8. The normalized spacial score (nSPS) is 22.5. The van der Waals surface area contributed by atoms with Gasteiger partial charge in [0.25, 0.3) is 0 Å². The molecule has 6 heteroatoms. The maximum absolute atomic E-state index is 13.0. The molecular formula is C29H32N2O3S. The van der Waals surface area contributed by atoms with E-state index in [2.05, 4.69) is 52.7 Å². The molecule has 2 aromatic carbocycles. The van der Waals surface area contributed by atoms with Crippen LogP contribution in [0.3, 0.4) is 0 Å². The molecule has 0 radical (unpaired) electrons. The van der Waals surface area contributed by atoms with E-state index in [1.54, 1.807) is 18.4 Å².